The van der Waals surface area contributed by atoms with E-state index in [4.69, 9.17) is 9.15 Å². The van der Waals surface area contributed by atoms with E-state index in [0.717, 1.165) is 22.7 Å². The monoisotopic (exact) mass is 403 g/mol. The molecule has 150 valence electrons. The number of rotatable bonds is 5. The van der Waals surface area contributed by atoms with Gasteiger partial charge in [-0.05, 0) is 42.8 Å². The van der Waals surface area contributed by atoms with E-state index in [1.807, 2.05) is 31.2 Å². The summed E-state index contributed by atoms with van der Waals surface area (Å²) < 4.78 is 10.9. The van der Waals surface area contributed by atoms with Gasteiger partial charge in [0.25, 0.3) is 5.69 Å². The molecule has 30 heavy (non-hydrogen) atoms. The molecule has 1 aromatic heterocycles. The van der Waals surface area contributed by atoms with Gasteiger partial charge in [0.05, 0.1) is 23.8 Å². The van der Waals surface area contributed by atoms with Gasteiger partial charge in [-0.3, -0.25) is 15.1 Å². The van der Waals surface area contributed by atoms with Crippen molar-refractivity contribution in [1.29, 1.82) is 0 Å². The summed E-state index contributed by atoms with van der Waals surface area (Å²) in [7, 11) is 1.32. The number of hydrogen-bond donors (Lipinski definition) is 1. The number of aliphatic imine (C=N–C) groups is 1. The number of non-ortho nitro benzene ring substituents is 1. The van der Waals surface area contributed by atoms with Crippen molar-refractivity contribution in [2.24, 2.45) is 4.99 Å². The quantitative estimate of drug-likeness (QED) is 0.279. The zero-order valence-electron chi connectivity index (χ0n) is 16.2. The lowest BCUT2D eigenvalue weighted by Gasteiger charge is -2.06. The van der Waals surface area contributed by atoms with Crippen LogP contribution in [0.25, 0.3) is 22.6 Å². The van der Waals surface area contributed by atoms with Gasteiger partial charge in [0.1, 0.15) is 5.52 Å². The van der Waals surface area contributed by atoms with Crippen LogP contribution in [-0.4, -0.2) is 28.3 Å². The maximum Gasteiger partial charge on any atom is 0.274 e. The number of oxazole rings is 1. The summed E-state index contributed by atoms with van der Waals surface area (Å²) >= 11 is 0. The fourth-order valence-electron chi connectivity index (χ4n) is 2.99. The smallest absolute Gasteiger partial charge is 0.274 e. The first-order valence-electron chi connectivity index (χ1n) is 9.01. The maximum absolute atomic E-state index is 11.1. The molecule has 4 aromatic rings. The molecule has 0 saturated carbocycles. The molecular formula is C22H17N3O5. The normalized spacial score (nSPS) is 11.3. The fraction of sp³-hybridized carbons (Fsp3) is 0.0909. The number of nitro groups is 1. The number of nitro benzene ring substituents is 1. The molecule has 0 saturated heterocycles. The molecule has 0 fully saturated rings. The Morgan fingerprint density at radius 3 is 2.80 bits per heavy atom. The van der Waals surface area contributed by atoms with E-state index in [-0.39, 0.29) is 22.7 Å². The van der Waals surface area contributed by atoms with Crippen molar-refractivity contribution in [2.45, 2.75) is 6.92 Å². The Labute approximate surface area is 171 Å². The van der Waals surface area contributed by atoms with Gasteiger partial charge in [-0.1, -0.05) is 12.1 Å². The van der Waals surface area contributed by atoms with E-state index in [0.29, 0.717) is 17.2 Å². The van der Waals surface area contributed by atoms with Crippen molar-refractivity contribution in [1.82, 2.24) is 4.98 Å². The Kier molecular flexibility index (Phi) is 4.89. The Morgan fingerprint density at radius 1 is 1.20 bits per heavy atom. The van der Waals surface area contributed by atoms with Gasteiger partial charge in [-0.15, -0.1) is 0 Å². The van der Waals surface area contributed by atoms with Crippen molar-refractivity contribution in [3.63, 3.8) is 0 Å². The van der Waals surface area contributed by atoms with Crippen LogP contribution in [-0.2, 0) is 0 Å². The molecule has 1 heterocycles. The highest BCUT2D eigenvalue weighted by atomic mass is 16.6. The Balaban J connectivity index is 1.68. The lowest BCUT2D eigenvalue weighted by molar-refractivity contribution is -0.385. The summed E-state index contributed by atoms with van der Waals surface area (Å²) in [4.78, 5) is 19.4. The average molecular weight is 403 g/mol. The molecule has 0 radical (unpaired) electrons. The molecule has 0 aliphatic rings. The molecular weight excluding hydrogens is 386 g/mol. The van der Waals surface area contributed by atoms with Gasteiger partial charge in [-0.25, -0.2) is 4.98 Å². The molecule has 4 rings (SSSR count). The molecule has 0 unspecified atom stereocenters. The number of methoxy groups -OCH3 is 1. The van der Waals surface area contributed by atoms with Gasteiger partial charge < -0.3 is 14.3 Å². The first kappa shape index (κ1) is 19.1. The molecule has 3 aromatic carbocycles. The van der Waals surface area contributed by atoms with Crippen LogP contribution in [0, 0.1) is 17.0 Å². The molecule has 8 nitrogen and oxygen atoms in total. The number of nitrogens with zero attached hydrogens (tertiary/aromatic N) is 3. The van der Waals surface area contributed by atoms with Crippen LogP contribution in [0.1, 0.15) is 11.1 Å². The molecule has 8 heteroatoms. The van der Waals surface area contributed by atoms with Crippen LogP contribution in [0.3, 0.4) is 0 Å². The van der Waals surface area contributed by atoms with Crippen LogP contribution in [0.4, 0.5) is 11.4 Å². The molecule has 0 aliphatic carbocycles. The summed E-state index contributed by atoms with van der Waals surface area (Å²) in [5, 5.41) is 21.4. The molecule has 1 N–H and O–H groups in total. The summed E-state index contributed by atoms with van der Waals surface area (Å²) in [6.45, 7) is 1.98. The van der Waals surface area contributed by atoms with Crippen molar-refractivity contribution in [3.05, 3.63) is 75.8 Å². The third-order valence-corrected chi connectivity index (χ3v) is 4.51. The lowest BCUT2D eigenvalue weighted by atomic mass is 10.1. The zero-order chi connectivity index (χ0) is 21.3. The predicted molar refractivity (Wildman–Crippen MR) is 113 cm³/mol. The lowest BCUT2D eigenvalue weighted by Crippen LogP contribution is -1.94. The second kappa shape index (κ2) is 7.67. The van der Waals surface area contributed by atoms with E-state index in [2.05, 4.69) is 9.98 Å². The van der Waals surface area contributed by atoms with Gasteiger partial charge in [-0.2, -0.15) is 0 Å². The van der Waals surface area contributed by atoms with Crippen molar-refractivity contribution >= 4 is 28.7 Å². The Bertz CT molecular complexity index is 1290. The van der Waals surface area contributed by atoms with Gasteiger partial charge >= 0.3 is 0 Å². The molecule has 0 bridgehead atoms. The first-order chi connectivity index (χ1) is 14.4. The molecule has 0 amide bonds. The largest absolute Gasteiger partial charge is 0.504 e. The third kappa shape index (κ3) is 3.70. The molecule has 0 atom stereocenters. The van der Waals surface area contributed by atoms with E-state index in [9.17, 15) is 15.2 Å². The standard InChI is InChI=1S/C22H17N3O5/c1-13-6-7-18-19(8-13)30-22(24-18)14-4-3-5-16(9-14)23-12-15-10-17(25(27)28)11-20(29-2)21(15)26/h3-12,26H,1-2H3. The molecule has 0 aliphatic heterocycles. The minimum Gasteiger partial charge on any atom is -0.504 e. The number of aryl methyl sites for hydroxylation is 1. The first-order valence-corrected chi connectivity index (χ1v) is 9.01. The second-order valence-corrected chi connectivity index (χ2v) is 6.64. The number of phenolic OH excluding ortho intramolecular Hbond substituents is 1. The number of benzene rings is 3. The zero-order valence-corrected chi connectivity index (χ0v) is 16.2. The van der Waals surface area contributed by atoms with Gasteiger partial charge in [0, 0.05) is 23.4 Å². The highest BCUT2D eigenvalue weighted by molar-refractivity contribution is 5.88. The number of hydrogen-bond acceptors (Lipinski definition) is 7. The fourth-order valence-corrected chi connectivity index (χ4v) is 2.99. The van der Waals surface area contributed by atoms with E-state index in [1.54, 1.807) is 18.2 Å². The van der Waals surface area contributed by atoms with E-state index >= 15 is 0 Å². The number of aromatic nitrogens is 1. The van der Waals surface area contributed by atoms with Crippen molar-refractivity contribution in [2.75, 3.05) is 7.11 Å². The maximum atomic E-state index is 11.1. The van der Waals surface area contributed by atoms with Crippen LogP contribution < -0.4 is 4.74 Å². The minimum absolute atomic E-state index is 0.00108. The topological polar surface area (TPSA) is 111 Å². The van der Waals surface area contributed by atoms with Gasteiger partial charge in [0.15, 0.2) is 17.1 Å². The van der Waals surface area contributed by atoms with E-state index in [1.165, 1.54) is 19.4 Å². The molecule has 0 spiro atoms. The summed E-state index contributed by atoms with van der Waals surface area (Å²) in [6, 6.07) is 15.4. The van der Waals surface area contributed by atoms with Crippen LogP contribution in [0.5, 0.6) is 11.5 Å². The SMILES string of the molecule is COc1cc([N+](=O)[O-])cc(C=Nc2cccc(-c3nc4ccc(C)cc4o3)c2)c1O. The average Bonchev–Trinajstić information content (AvgIpc) is 3.16. The highest BCUT2D eigenvalue weighted by Gasteiger charge is 2.16. The van der Waals surface area contributed by atoms with Crippen LogP contribution in [0.15, 0.2) is 64.0 Å². The van der Waals surface area contributed by atoms with Crippen LogP contribution >= 0.6 is 0 Å². The highest BCUT2D eigenvalue weighted by Crippen LogP contribution is 2.34. The van der Waals surface area contributed by atoms with E-state index < -0.39 is 4.92 Å². The number of aromatic hydroxyl groups is 1. The predicted octanol–water partition coefficient (Wildman–Crippen LogP) is 5.18. The van der Waals surface area contributed by atoms with Crippen molar-refractivity contribution in [3.8, 4) is 23.0 Å². The number of phenols is 1. The summed E-state index contributed by atoms with van der Waals surface area (Å²) in [5.74, 6) is 0.242. The Morgan fingerprint density at radius 2 is 2.03 bits per heavy atom. The minimum atomic E-state index is -0.561. The summed E-state index contributed by atoms with van der Waals surface area (Å²) in [5.41, 5.74) is 3.81. The Hall–Kier alpha value is -4.20. The third-order valence-electron chi connectivity index (χ3n) is 4.51. The van der Waals surface area contributed by atoms with Crippen LogP contribution in [0.2, 0.25) is 0 Å². The van der Waals surface area contributed by atoms with Gasteiger partial charge in [0.2, 0.25) is 5.89 Å². The summed E-state index contributed by atoms with van der Waals surface area (Å²) in [6.07, 6.45) is 1.35. The second-order valence-electron chi connectivity index (χ2n) is 6.64. The number of ether oxygens (including phenoxy) is 1. The van der Waals surface area contributed by atoms with Crippen molar-refractivity contribution < 1.29 is 19.2 Å². The number of fused-ring (bicyclic) bond motifs is 1.